The van der Waals surface area contributed by atoms with E-state index in [1.54, 1.807) is 18.2 Å². The molecular formula is C18H21NO2. The van der Waals surface area contributed by atoms with Crippen LogP contribution >= 0.6 is 0 Å². The highest BCUT2D eigenvalue weighted by Gasteiger charge is 2.06. The van der Waals surface area contributed by atoms with Crippen LogP contribution < -0.4 is 5.73 Å². The van der Waals surface area contributed by atoms with Crippen LogP contribution in [0.25, 0.3) is 11.1 Å². The lowest BCUT2D eigenvalue weighted by atomic mass is 9.96. The molecule has 3 heteroatoms. The van der Waals surface area contributed by atoms with Crippen molar-refractivity contribution in [2.24, 2.45) is 11.7 Å². The van der Waals surface area contributed by atoms with Crippen LogP contribution in [0.1, 0.15) is 29.3 Å². The number of nitrogens with two attached hydrogens (primary N) is 1. The van der Waals surface area contributed by atoms with Crippen molar-refractivity contribution in [1.29, 1.82) is 0 Å². The van der Waals surface area contributed by atoms with Crippen molar-refractivity contribution in [2.75, 3.05) is 6.54 Å². The van der Waals surface area contributed by atoms with Gasteiger partial charge in [-0.2, -0.15) is 0 Å². The van der Waals surface area contributed by atoms with Crippen LogP contribution in [0.5, 0.6) is 0 Å². The Labute approximate surface area is 125 Å². The van der Waals surface area contributed by atoms with Crippen LogP contribution in [0.15, 0.2) is 48.5 Å². The molecular weight excluding hydrogens is 262 g/mol. The number of carbonyl (C=O) groups is 1. The molecule has 2 rings (SSSR count). The van der Waals surface area contributed by atoms with Gasteiger partial charge in [-0.05, 0) is 54.1 Å². The van der Waals surface area contributed by atoms with E-state index in [0.29, 0.717) is 11.5 Å². The Morgan fingerprint density at radius 1 is 1.14 bits per heavy atom. The van der Waals surface area contributed by atoms with E-state index in [1.807, 2.05) is 18.2 Å². The summed E-state index contributed by atoms with van der Waals surface area (Å²) in [7, 11) is 0. The standard InChI is InChI=1S/C18H21NO2/c1-13(9-10-19)11-14-5-7-15(8-6-14)16-3-2-4-17(12-16)18(20)21/h2-8,12-13H,9-11,19H2,1H3,(H,20,21). The minimum atomic E-state index is -0.899. The third-order valence-electron chi connectivity index (χ3n) is 3.64. The lowest BCUT2D eigenvalue weighted by Gasteiger charge is -2.10. The van der Waals surface area contributed by atoms with E-state index >= 15 is 0 Å². The fourth-order valence-electron chi connectivity index (χ4n) is 2.45. The molecule has 0 heterocycles. The SMILES string of the molecule is CC(CCN)Cc1ccc(-c2cccc(C(=O)O)c2)cc1. The number of hydrogen-bond donors (Lipinski definition) is 2. The molecule has 0 aliphatic rings. The van der Waals surface area contributed by atoms with Gasteiger partial charge in [-0.25, -0.2) is 4.79 Å². The van der Waals surface area contributed by atoms with Gasteiger partial charge in [-0.3, -0.25) is 0 Å². The van der Waals surface area contributed by atoms with Gasteiger partial charge in [0.15, 0.2) is 0 Å². The highest BCUT2D eigenvalue weighted by molar-refractivity contribution is 5.89. The number of hydrogen-bond acceptors (Lipinski definition) is 2. The molecule has 0 bridgehead atoms. The van der Waals surface area contributed by atoms with E-state index in [4.69, 9.17) is 10.8 Å². The van der Waals surface area contributed by atoms with Crippen molar-refractivity contribution >= 4 is 5.97 Å². The average molecular weight is 283 g/mol. The highest BCUT2D eigenvalue weighted by Crippen LogP contribution is 2.22. The monoisotopic (exact) mass is 283 g/mol. The quantitative estimate of drug-likeness (QED) is 0.851. The molecule has 2 aromatic rings. The second-order valence-electron chi connectivity index (χ2n) is 5.47. The molecule has 1 atom stereocenters. The summed E-state index contributed by atoms with van der Waals surface area (Å²) >= 11 is 0. The molecule has 0 amide bonds. The predicted molar refractivity (Wildman–Crippen MR) is 85.4 cm³/mol. The second-order valence-corrected chi connectivity index (χ2v) is 5.47. The molecule has 2 aromatic carbocycles. The van der Waals surface area contributed by atoms with Crippen molar-refractivity contribution in [3.8, 4) is 11.1 Å². The fraction of sp³-hybridized carbons (Fsp3) is 0.278. The Bertz CT molecular complexity index is 605. The van der Waals surface area contributed by atoms with Crippen LogP contribution in [0.3, 0.4) is 0 Å². The van der Waals surface area contributed by atoms with E-state index in [-0.39, 0.29) is 0 Å². The largest absolute Gasteiger partial charge is 0.478 e. The summed E-state index contributed by atoms with van der Waals surface area (Å²) in [6.07, 6.45) is 2.05. The van der Waals surface area contributed by atoms with Crippen molar-refractivity contribution in [3.05, 3.63) is 59.7 Å². The van der Waals surface area contributed by atoms with Crippen molar-refractivity contribution in [3.63, 3.8) is 0 Å². The maximum absolute atomic E-state index is 11.0. The highest BCUT2D eigenvalue weighted by atomic mass is 16.4. The van der Waals surface area contributed by atoms with Gasteiger partial charge in [-0.1, -0.05) is 43.3 Å². The van der Waals surface area contributed by atoms with Crippen LogP contribution in [0, 0.1) is 5.92 Å². The van der Waals surface area contributed by atoms with E-state index in [2.05, 4.69) is 19.1 Å². The summed E-state index contributed by atoms with van der Waals surface area (Å²) < 4.78 is 0. The topological polar surface area (TPSA) is 63.3 Å². The first kappa shape index (κ1) is 15.3. The van der Waals surface area contributed by atoms with Crippen LogP contribution in [-0.4, -0.2) is 17.6 Å². The smallest absolute Gasteiger partial charge is 0.335 e. The van der Waals surface area contributed by atoms with E-state index < -0.39 is 5.97 Å². The van der Waals surface area contributed by atoms with E-state index in [9.17, 15) is 4.79 Å². The first-order valence-electron chi connectivity index (χ1n) is 7.23. The molecule has 0 saturated heterocycles. The molecule has 0 aliphatic heterocycles. The molecule has 0 aliphatic carbocycles. The molecule has 0 aromatic heterocycles. The molecule has 0 radical (unpaired) electrons. The normalized spacial score (nSPS) is 12.1. The Hall–Kier alpha value is -2.13. The molecule has 3 nitrogen and oxygen atoms in total. The first-order chi connectivity index (χ1) is 10.1. The predicted octanol–water partition coefficient (Wildman–Crippen LogP) is 3.58. The van der Waals surface area contributed by atoms with Crippen LogP contribution in [0.4, 0.5) is 0 Å². The first-order valence-corrected chi connectivity index (χ1v) is 7.23. The summed E-state index contributed by atoms with van der Waals surface area (Å²) in [5.41, 5.74) is 9.14. The van der Waals surface area contributed by atoms with Gasteiger partial charge in [0, 0.05) is 0 Å². The number of benzene rings is 2. The number of rotatable bonds is 6. The number of aromatic carboxylic acids is 1. The van der Waals surface area contributed by atoms with Gasteiger partial charge >= 0.3 is 5.97 Å². The summed E-state index contributed by atoms with van der Waals surface area (Å²) in [5, 5.41) is 9.04. The second kappa shape index (κ2) is 7.04. The zero-order valence-electron chi connectivity index (χ0n) is 12.3. The lowest BCUT2D eigenvalue weighted by molar-refractivity contribution is 0.0697. The van der Waals surface area contributed by atoms with Crippen molar-refractivity contribution in [1.82, 2.24) is 0 Å². The van der Waals surface area contributed by atoms with Crippen molar-refractivity contribution < 1.29 is 9.90 Å². The molecule has 110 valence electrons. The zero-order chi connectivity index (χ0) is 15.2. The van der Waals surface area contributed by atoms with E-state index in [1.165, 1.54) is 5.56 Å². The maximum atomic E-state index is 11.0. The van der Waals surface area contributed by atoms with Gasteiger partial charge < -0.3 is 10.8 Å². The third kappa shape index (κ3) is 4.17. The fourth-order valence-corrected chi connectivity index (χ4v) is 2.45. The van der Waals surface area contributed by atoms with Gasteiger partial charge in [0.1, 0.15) is 0 Å². The molecule has 0 fully saturated rings. The van der Waals surface area contributed by atoms with Gasteiger partial charge in [0.2, 0.25) is 0 Å². The van der Waals surface area contributed by atoms with Crippen LogP contribution in [0.2, 0.25) is 0 Å². The molecule has 1 unspecified atom stereocenters. The van der Waals surface area contributed by atoms with Gasteiger partial charge in [-0.15, -0.1) is 0 Å². The summed E-state index contributed by atoms with van der Waals surface area (Å²) in [5.74, 6) is -0.319. The number of carboxylic acids is 1. The minimum Gasteiger partial charge on any atom is -0.478 e. The molecule has 21 heavy (non-hydrogen) atoms. The Kier molecular flexibility index (Phi) is 5.12. The molecule has 0 spiro atoms. The number of carboxylic acid groups (broad SMARTS) is 1. The maximum Gasteiger partial charge on any atom is 0.335 e. The average Bonchev–Trinajstić information content (AvgIpc) is 2.48. The zero-order valence-corrected chi connectivity index (χ0v) is 12.3. The minimum absolute atomic E-state index is 0.313. The van der Waals surface area contributed by atoms with Gasteiger partial charge in [0.25, 0.3) is 0 Å². The Balaban J connectivity index is 2.15. The molecule has 3 N–H and O–H groups in total. The molecule has 0 saturated carbocycles. The van der Waals surface area contributed by atoms with Crippen molar-refractivity contribution in [2.45, 2.75) is 19.8 Å². The summed E-state index contributed by atoms with van der Waals surface area (Å²) in [6.45, 7) is 2.93. The third-order valence-corrected chi connectivity index (χ3v) is 3.64. The lowest BCUT2D eigenvalue weighted by Crippen LogP contribution is -2.07. The Morgan fingerprint density at radius 3 is 2.48 bits per heavy atom. The van der Waals surface area contributed by atoms with E-state index in [0.717, 1.165) is 30.5 Å². The van der Waals surface area contributed by atoms with Crippen LogP contribution in [-0.2, 0) is 6.42 Å². The summed E-state index contributed by atoms with van der Waals surface area (Å²) in [4.78, 5) is 11.0. The van der Waals surface area contributed by atoms with Gasteiger partial charge in [0.05, 0.1) is 5.56 Å². The summed E-state index contributed by atoms with van der Waals surface area (Å²) in [6, 6.07) is 15.3. The Morgan fingerprint density at radius 2 is 1.86 bits per heavy atom.